The molecule has 1 aromatic rings. The molecule has 0 amide bonds. The van der Waals surface area contributed by atoms with Crippen molar-refractivity contribution in [1.82, 2.24) is 10.6 Å². The number of aryl methyl sites for hydroxylation is 1. The van der Waals surface area contributed by atoms with Crippen LogP contribution in [-0.2, 0) is 0 Å². The van der Waals surface area contributed by atoms with Gasteiger partial charge in [0, 0.05) is 30.7 Å². The van der Waals surface area contributed by atoms with E-state index in [0.29, 0.717) is 6.04 Å². The van der Waals surface area contributed by atoms with E-state index in [-0.39, 0.29) is 0 Å². The standard InChI is InChI=1S/C11H15ClN2/c1-8-3-2-4-9(12)11(8)10-7-13-5-6-14-10/h2-4,10,13-14H,5-7H2,1H3/t10-/m1/s1. The predicted molar refractivity (Wildman–Crippen MR) is 59.8 cm³/mol. The highest BCUT2D eigenvalue weighted by Crippen LogP contribution is 2.26. The van der Waals surface area contributed by atoms with Crippen molar-refractivity contribution in [3.05, 3.63) is 34.3 Å². The van der Waals surface area contributed by atoms with Crippen molar-refractivity contribution in [2.75, 3.05) is 19.6 Å². The molecule has 0 spiro atoms. The molecule has 2 rings (SSSR count). The smallest absolute Gasteiger partial charge is 0.0464 e. The fraction of sp³-hybridized carbons (Fsp3) is 0.455. The minimum absolute atomic E-state index is 0.359. The Hall–Kier alpha value is -0.570. The maximum absolute atomic E-state index is 6.20. The van der Waals surface area contributed by atoms with Crippen molar-refractivity contribution in [2.24, 2.45) is 0 Å². The van der Waals surface area contributed by atoms with Crippen molar-refractivity contribution in [3.8, 4) is 0 Å². The van der Waals surface area contributed by atoms with Crippen LogP contribution in [0.4, 0.5) is 0 Å². The molecule has 1 heterocycles. The number of nitrogens with one attached hydrogen (secondary N) is 2. The molecule has 1 fully saturated rings. The van der Waals surface area contributed by atoms with Gasteiger partial charge in [-0.25, -0.2) is 0 Å². The predicted octanol–water partition coefficient (Wildman–Crippen LogP) is 1.88. The summed E-state index contributed by atoms with van der Waals surface area (Å²) in [5, 5.41) is 7.70. The third-order valence-corrected chi connectivity index (χ3v) is 2.99. The zero-order valence-corrected chi connectivity index (χ0v) is 9.06. The summed E-state index contributed by atoms with van der Waals surface area (Å²) in [5.41, 5.74) is 2.50. The molecule has 0 saturated carbocycles. The topological polar surface area (TPSA) is 24.1 Å². The maximum atomic E-state index is 6.20. The van der Waals surface area contributed by atoms with Gasteiger partial charge in [0.05, 0.1) is 0 Å². The third-order valence-electron chi connectivity index (χ3n) is 2.66. The first-order valence-electron chi connectivity index (χ1n) is 4.98. The van der Waals surface area contributed by atoms with Crippen molar-refractivity contribution >= 4 is 11.6 Å². The number of benzene rings is 1. The Morgan fingerprint density at radius 1 is 1.36 bits per heavy atom. The molecule has 0 bridgehead atoms. The highest BCUT2D eigenvalue weighted by molar-refractivity contribution is 6.31. The molecule has 0 aliphatic carbocycles. The maximum Gasteiger partial charge on any atom is 0.0464 e. The SMILES string of the molecule is Cc1cccc(Cl)c1[C@H]1CNCCN1. The van der Waals surface area contributed by atoms with E-state index in [9.17, 15) is 0 Å². The van der Waals surface area contributed by atoms with E-state index < -0.39 is 0 Å². The number of halogens is 1. The van der Waals surface area contributed by atoms with Crippen molar-refractivity contribution in [3.63, 3.8) is 0 Å². The van der Waals surface area contributed by atoms with Gasteiger partial charge in [0.2, 0.25) is 0 Å². The van der Waals surface area contributed by atoms with Gasteiger partial charge in [-0.15, -0.1) is 0 Å². The summed E-state index contributed by atoms with van der Waals surface area (Å²) in [4.78, 5) is 0. The van der Waals surface area contributed by atoms with Gasteiger partial charge in [0.25, 0.3) is 0 Å². The van der Waals surface area contributed by atoms with Crippen molar-refractivity contribution in [1.29, 1.82) is 0 Å². The Morgan fingerprint density at radius 2 is 2.21 bits per heavy atom. The van der Waals surface area contributed by atoms with Gasteiger partial charge in [0.15, 0.2) is 0 Å². The molecule has 1 aromatic carbocycles. The van der Waals surface area contributed by atoms with Gasteiger partial charge >= 0.3 is 0 Å². The van der Waals surface area contributed by atoms with Crippen LogP contribution in [0.2, 0.25) is 5.02 Å². The second kappa shape index (κ2) is 4.30. The Kier molecular flexibility index (Phi) is 3.06. The monoisotopic (exact) mass is 210 g/mol. The summed E-state index contributed by atoms with van der Waals surface area (Å²) in [6.07, 6.45) is 0. The van der Waals surface area contributed by atoms with E-state index in [1.54, 1.807) is 0 Å². The summed E-state index contributed by atoms with van der Waals surface area (Å²) in [6, 6.07) is 6.42. The molecule has 2 N–H and O–H groups in total. The zero-order chi connectivity index (χ0) is 9.97. The molecule has 2 nitrogen and oxygen atoms in total. The van der Waals surface area contributed by atoms with E-state index in [1.165, 1.54) is 11.1 Å². The quantitative estimate of drug-likeness (QED) is 0.740. The number of rotatable bonds is 1. The first kappa shape index (κ1) is 9.97. The van der Waals surface area contributed by atoms with Gasteiger partial charge in [-0.1, -0.05) is 23.7 Å². The molecule has 76 valence electrons. The molecular formula is C11H15ClN2. The fourth-order valence-corrected chi connectivity index (χ4v) is 2.30. The lowest BCUT2D eigenvalue weighted by Crippen LogP contribution is -2.43. The molecule has 14 heavy (non-hydrogen) atoms. The van der Waals surface area contributed by atoms with Crippen LogP contribution in [0.3, 0.4) is 0 Å². The van der Waals surface area contributed by atoms with E-state index in [4.69, 9.17) is 11.6 Å². The van der Waals surface area contributed by atoms with E-state index in [2.05, 4.69) is 23.6 Å². The lowest BCUT2D eigenvalue weighted by atomic mass is 10.00. The highest BCUT2D eigenvalue weighted by atomic mass is 35.5. The number of hydrogen-bond acceptors (Lipinski definition) is 2. The molecule has 1 aliphatic rings. The summed E-state index contributed by atoms with van der Waals surface area (Å²) in [6.45, 7) is 5.12. The van der Waals surface area contributed by atoms with Crippen molar-refractivity contribution in [2.45, 2.75) is 13.0 Å². The van der Waals surface area contributed by atoms with E-state index >= 15 is 0 Å². The van der Waals surface area contributed by atoms with Gasteiger partial charge in [-0.2, -0.15) is 0 Å². The van der Waals surface area contributed by atoms with Gasteiger partial charge in [-0.05, 0) is 24.1 Å². The lowest BCUT2D eigenvalue weighted by Gasteiger charge is -2.26. The average molecular weight is 211 g/mol. The van der Waals surface area contributed by atoms with Gasteiger partial charge in [-0.3, -0.25) is 0 Å². The summed E-state index contributed by atoms with van der Waals surface area (Å²) in [7, 11) is 0. The lowest BCUT2D eigenvalue weighted by molar-refractivity contribution is 0.429. The van der Waals surface area contributed by atoms with Gasteiger partial charge < -0.3 is 10.6 Å². The van der Waals surface area contributed by atoms with E-state index in [1.807, 2.05) is 12.1 Å². The van der Waals surface area contributed by atoms with Crippen molar-refractivity contribution < 1.29 is 0 Å². The second-order valence-corrected chi connectivity index (χ2v) is 4.09. The Labute approximate surface area is 89.7 Å². The van der Waals surface area contributed by atoms with Gasteiger partial charge in [0.1, 0.15) is 0 Å². The third kappa shape index (κ3) is 1.92. The van der Waals surface area contributed by atoms with Crippen LogP contribution in [0.15, 0.2) is 18.2 Å². The minimum atomic E-state index is 0.359. The largest absolute Gasteiger partial charge is 0.314 e. The van der Waals surface area contributed by atoms with Crippen LogP contribution in [0.1, 0.15) is 17.2 Å². The van der Waals surface area contributed by atoms with Crippen LogP contribution in [0, 0.1) is 6.92 Å². The molecule has 0 radical (unpaired) electrons. The van der Waals surface area contributed by atoms with Crippen LogP contribution in [0.5, 0.6) is 0 Å². The number of hydrogen-bond donors (Lipinski definition) is 2. The Balaban J connectivity index is 2.29. The summed E-state index contributed by atoms with van der Waals surface area (Å²) >= 11 is 6.20. The molecule has 1 atom stereocenters. The first-order chi connectivity index (χ1) is 6.79. The zero-order valence-electron chi connectivity index (χ0n) is 8.31. The Morgan fingerprint density at radius 3 is 2.86 bits per heavy atom. The van der Waals surface area contributed by atoms with Crippen LogP contribution < -0.4 is 10.6 Å². The molecule has 0 unspecified atom stereocenters. The molecular weight excluding hydrogens is 196 g/mol. The second-order valence-electron chi connectivity index (χ2n) is 3.68. The minimum Gasteiger partial charge on any atom is -0.314 e. The molecule has 1 aliphatic heterocycles. The van der Waals surface area contributed by atoms with E-state index in [0.717, 1.165) is 24.7 Å². The summed E-state index contributed by atoms with van der Waals surface area (Å²) < 4.78 is 0. The van der Waals surface area contributed by atoms with Crippen LogP contribution in [0.25, 0.3) is 0 Å². The van der Waals surface area contributed by atoms with Crippen LogP contribution >= 0.6 is 11.6 Å². The fourth-order valence-electron chi connectivity index (χ4n) is 1.94. The average Bonchev–Trinajstić information content (AvgIpc) is 2.19. The molecule has 0 aromatic heterocycles. The highest BCUT2D eigenvalue weighted by Gasteiger charge is 2.18. The van der Waals surface area contributed by atoms with Crippen LogP contribution in [-0.4, -0.2) is 19.6 Å². The first-order valence-corrected chi connectivity index (χ1v) is 5.36. The molecule has 3 heteroatoms. The molecule has 1 saturated heterocycles. The number of piperazine rings is 1. The Bertz CT molecular complexity index is 299. The summed E-state index contributed by atoms with van der Waals surface area (Å²) in [5.74, 6) is 0. The normalized spacial score (nSPS) is 22.3.